The summed E-state index contributed by atoms with van der Waals surface area (Å²) in [5.74, 6) is -0.404. The first-order chi connectivity index (χ1) is 14.0. The first kappa shape index (κ1) is 20.8. The number of nitrogens with zero attached hydrogens (tertiary/aromatic N) is 3. The number of aromatic nitrogens is 1. The Hall–Kier alpha value is -2.89. The van der Waals surface area contributed by atoms with Gasteiger partial charge in [-0.2, -0.15) is 9.21 Å². The third-order valence-corrected chi connectivity index (χ3v) is 6.51. The van der Waals surface area contributed by atoms with Gasteiger partial charge in [0, 0.05) is 12.7 Å². The van der Waals surface area contributed by atoms with Gasteiger partial charge in [0.05, 0.1) is 10.6 Å². The van der Waals surface area contributed by atoms with Gasteiger partial charge in [0.2, 0.25) is 10.0 Å². The number of nitrogens with one attached hydrogen (secondary N) is 1. The molecule has 1 aliphatic rings. The van der Waals surface area contributed by atoms with Gasteiger partial charge in [-0.3, -0.25) is 15.0 Å². The second kappa shape index (κ2) is 9.07. The summed E-state index contributed by atoms with van der Waals surface area (Å²) in [5.41, 5.74) is 2.21. The van der Waals surface area contributed by atoms with Crippen molar-refractivity contribution in [3.63, 3.8) is 0 Å². The van der Waals surface area contributed by atoms with Crippen LogP contribution in [-0.4, -0.2) is 47.4 Å². The van der Waals surface area contributed by atoms with E-state index in [9.17, 15) is 18.1 Å². The number of carbonyl (C=O) groups excluding carboxylic acids is 1. The molecular formula is C18H20N4O6S. The van der Waals surface area contributed by atoms with Crippen molar-refractivity contribution < 1.29 is 23.2 Å². The van der Waals surface area contributed by atoms with Gasteiger partial charge in [-0.25, -0.2) is 13.9 Å². The quantitative estimate of drug-likeness (QED) is 0.393. The number of carbonyl (C=O) groups is 1. The van der Waals surface area contributed by atoms with Gasteiger partial charge in [0.1, 0.15) is 24.4 Å². The van der Waals surface area contributed by atoms with Gasteiger partial charge in [-0.15, -0.1) is 0 Å². The second-order valence-electron chi connectivity index (χ2n) is 6.48. The SMILES string of the molecule is O=N[C@@H]1CC[C@H](C(=O)NO)N(S(=O)(=O)c2ccc(OCc3ccccn3)cc2)C1. The zero-order chi connectivity index (χ0) is 20.9. The van der Waals surface area contributed by atoms with Crippen molar-refractivity contribution in [2.24, 2.45) is 5.18 Å². The third kappa shape index (κ3) is 4.75. The summed E-state index contributed by atoms with van der Waals surface area (Å²) in [6.45, 7) is -0.00760. The predicted molar refractivity (Wildman–Crippen MR) is 101 cm³/mol. The maximum absolute atomic E-state index is 13.0. The van der Waals surface area contributed by atoms with E-state index in [2.05, 4.69) is 10.2 Å². The van der Waals surface area contributed by atoms with Crippen LogP contribution in [0.1, 0.15) is 18.5 Å². The molecule has 3 rings (SSSR count). The smallest absolute Gasteiger partial charge is 0.261 e. The topological polar surface area (TPSA) is 138 Å². The van der Waals surface area contributed by atoms with Gasteiger partial charge in [-0.1, -0.05) is 11.2 Å². The molecule has 0 spiro atoms. The molecule has 0 saturated carbocycles. The van der Waals surface area contributed by atoms with E-state index in [-0.39, 0.29) is 30.9 Å². The maximum Gasteiger partial charge on any atom is 0.261 e. The zero-order valence-electron chi connectivity index (χ0n) is 15.3. The van der Waals surface area contributed by atoms with Crippen LogP contribution in [-0.2, 0) is 21.4 Å². The molecule has 0 aliphatic carbocycles. The normalized spacial score (nSPS) is 20.0. The lowest BCUT2D eigenvalue weighted by molar-refractivity contribution is -0.134. The molecule has 1 amide bonds. The molecular weight excluding hydrogens is 400 g/mol. The number of pyridine rings is 1. The number of hydrogen-bond donors (Lipinski definition) is 2. The van der Waals surface area contributed by atoms with Crippen molar-refractivity contribution >= 4 is 15.9 Å². The minimum absolute atomic E-state index is 0.0648. The Bertz CT molecular complexity index is 952. The monoisotopic (exact) mass is 420 g/mol. The molecule has 2 atom stereocenters. The van der Waals surface area contributed by atoms with E-state index < -0.39 is 28.0 Å². The van der Waals surface area contributed by atoms with Crippen molar-refractivity contribution in [1.29, 1.82) is 0 Å². The average Bonchev–Trinajstić information content (AvgIpc) is 2.77. The first-order valence-electron chi connectivity index (χ1n) is 8.86. The summed E-state index contributed by atoms with van der Waals surface area (Å²) in [7, 11) is -4.10. The first-order valence-corrected chi connectivity index (χ1v) is 10.3. The van der Waals surface area contributed by atoms with E-state index in [1.807, 2.05) is 6.07 Å². The van der Waals surface area contributed by atoms with Crippen molar-refractivity contribution in [3.8, 4) is 5.75 Å². The van der Waals surface area contributed by atoms with E-state index in [4.69, 9.17) is 9.94 Å². The highest BCUT2D eigenvalue weighted by Gasteiger charge is 2.41. The number of hydrogen-bond acceptors (Lipinski definition) is 8. The van der Waals surface area contributed by atoms with Crippen LogP contribution in [0.5, 0.6) is 5.75 Å². The second-order valence-corrected chi connectivity index (χ2v) is 8.37. The molecule has 1 fully saturated rings. The highest BCUT2D eigenvalue weighted by molar-refractivity contribution is 7.89. The predicted octanol–water partition coefficient (Wildman–Crippen LogP) is 1.45. The van der Waals surface area contributed by atoms with E-state index >= 15 is 0 Å². The number of rotatable bonds is 7. The average molecular weight is 420 g/mol. The number of ether oxygens (including phenoxy) is 1. The van der Waals surface area contributed by atoms with Gasteiger partial charge in [-0.05, 0) is 49.2 Å². The highest BCUT2D eigenvalue weighted by atomic mass is 32.2. The Morgan fingerprint density at radius 3 is 2.62 bits per heavy atom. The molecule has 2 heterocycles. The van der Waals surface area contributed by atoms with E-state index in [0.717, 1.165) is 10.00 Å². The summed E-state index contributed by atoms with van der Waals surface area (Å²) >= 11 is 0. The molecule has 11 heteroatoms. The van der Waals surface area contributed by atoms with E-state index in [1.54, 1.807) is 18.3 Å². The number of sulfonamides is 1. The van der Waals surface area contributed by atoms with Crippen molar-refractivity contribution in [2.75, 3.05) is 6.54 Å². The van der Waals surface area contributed by atoms with Crippen molar-refractivity contribution in [2.45, 2.75) is 36.4 Å². The summed E-state index contributed by atoms with van der Waals surface area (Å²) < 4.78 is 32.6. The largest absolute Gasteiger partial charge is 0.487 e. The lowest BCUT2D eigenvalue weighted by Crippen LogP contribution is -2.54. The van der Waals surface area contributed by atoms with E-state index in [1.165, 1.54) is 29.7 Å². The third-order valence-electron chi connectivity index (χ3n) is 4.62. The van der Waals surface area contributed by atoms with Crippen molar-refractivity contribution in [1.82, 2.24) is 14.8 Å². The minimum atomic E-state index is -4.10. The Morgan fingerprint density at radius 2 is 2.00 bits per heavy atom. The summed E-state index contributed by atoms with van der Waals surface area (Å²) in [6, 6.07) is 9.26. The number of nitroso groups, excluding NO2 is 1. The Morgan fingerprint density at radius 1 is 1.24 bits per heavy atom. The Balaban J connectivity index is 1.77. The Kier molecular flexibility index (Phi) is 6.52. The fourth-order valence-corrected chi connectivity index (χ4v) is 4.75. The molecule has 0 radical (unpaired) electrons. The van der Waals surface area contributed by atoms with Crippen LogP contribution >= 0.6 is 0 Å². The minimum Gasteiger partial charge on any atom is -0.487 e. The lowest BCUT2D eigenvalue weighted by Gasteiger charge is -2.34. The van der Waals surface area contributed by atoms with Crippen LogP contribution < -0.4 is 10.2 Å². The van der Waals surface area contributed by atoms with Gasteiger partial charge < -0.3 is 4.74 Å². The molecule has 1 saturated heterocycles. The molecule has 1 aromatic carbocycles. The maximum atomic E-state index is 13.0. The van der Waals surface area contributed by atoms with Gasteiger partial charge in [0.15, 0.2) is 0 Å². The summed E-state index contributed by atoms with van der Waals surface area (Å²) in [6.07, 6.45) is 1.98. The molecule has 2 aromatic rings. The number of piperidine rings is 1. The van der Waals surface area contributed by atoms with E-state index in [0.29, 0.717) is 5.75 Å². The molecule has 154 valence electrons. The number of amides is 1. The number of benzene rings is 1. The standard InChI is InChI=1S/C18H20N4O6S/c23-18(21-25)17-9-4-13(20-24)11-22(17)29(26,27)16-7-5-15(6-8-16)28-12-14-3-1-2-10-19-14/h1-3,5-8,10,13,17,25H,4,9,11-12H2,(H,21,23)/t13-,17-/m1/s1. The van der Waals surface area contributed by atoms with Crippen LogP contribution in [0, 0.1) is 4.91 Å². The molecule has 1 aromatic heterocycles. The fraction of sp³-hybridized carbons (Fsp3) is 0.333. The molecule has 0 unspecified atom stereocenters. The Labute approximate surface area is 167 Å². The van der Waals surface area contributed by atoms with Crippen molar-refractivity contribution in [3.05, 3.63) is 59.3 Å². The molecule has 1 aliphatic heterocycles. The van der Waals surface area contributed by atoms with Crippen LogP contribution in [0.2, 0.25) is 0 Å². The van der Waals surface area contributed by atoms with Crippen LogP contribution in [0.3, 0.4) is 0 Å². The summed E-state index contributed by atoms with van der Waals surface area (Å²) in [5, 5.41) is 11.8. The van der Waals surface area contributed by atoms with Gasteiger partial charge in [0.25, 0.3) is 5.91 Å². The van der Waals surface area contributed by atoms with Crippen LogP contribution in [0.25, 0.3) is 0 Å². The lowest BCUT2D eigenvalue weighted by atomic mass is 10.0. The van der Waals surface area contributed by atoms with Crippen LogP contribution in [0.15, 0.2) is 58.7 Å². The molecule has 29 heavy (non-hydrogen) atoms. The number of hydroxylamine groups is 1. The summed E-state index contributed by atoms with van der Waals surface area (Å²) in [4.78, 5) is 26.9. The molecule has 2 N–H and O–H groups in total. The zero-order valence-corrected chi connectivity index (χ0v) is 16.2. The van der Waals surface area contributed by atoms with Gasteiger partial charge >= 0.3 is 0 Å². The highest BCUT2D eigenvalue weighted by Crippen LogP contribution is 2.28. The van der Waals surface area contributed by atoms with Crippen LogP contribution in [0.4, 0.5) is 0 Å². The molecule has 0 bridgehead atoms. The fourth-order valence-electron chi connectivity index (χ4n) is 3.09. The molecule has 10 nitrogen and oxygen atoms in total.